The topological polar surface area (TPSA) is 83.5 Å². The third kappa shape index (κ3) is 7.73. The third-order valence-electron chi connectivity index (χ3n) is 1.40. The molecule has 0 aromatic heterocycles. The predicted octanol–water partition coefficient (Wildman–Crippen LogP) is -1.08. The van der Waals surface area contributed by atoms with Gasteiger partial charge in [-0.1, -0.05) is 6.92 Å². The van der Waals surface area contributed by atoms with Gasteiger partial charge in [-0.05, 0) is 6.42 Å². The minimum absolute atomic E-state index is 0.102. The molecule has 0 bridgehead atoms. The van der Waals surface area contributed by atoms with Crippen molar-refractivity contribution in [3.8, 4) is 0 Å². The summed E-state index contributed by atoms with van der Waals surface area (Å²) in [4.78, 5) is 10.9. The first-order chi connectivity index (χ1) is 5.85. The molecular formula is C7H15NO4S. The number of sulfone groups is 1. The zero-order chi connectivity index (χ0) is 10.5. The number of hydrogen-bond acceptors (Lipinski definition) is 4. The molecule has 0 fully saturated rings. The van der Waals surface area contributed by atoms with Gasteiger partial charge in [-0.2, -0.15) is 0 Å². The molecule has 0 spiro atoms. The van der Waals surface area contributed by atoms with E-state index in [1.54, 1.807) is 6.92 Å². The van der Waals surface area contributed by atoms with Gasteiger partial charge in [0.2, 0.25) is 5.91 Å². The SMILES string of the molecule is CCC(O)CNC(=O)CS(C)(=O)=O. The average molecular weight is 209 g/mol. The molecule has 0 radical (unpaired) electrons. The summed E-state index contributed by atoms with van der Waals surface area (Å²) in [6.45, 7) is 1.87. The van der Waals surface area contributed by atoms with Crippen molar-refractivity contribution in [3.05, 3.63) is 0 Å². The highest BCUT2D eigenvalue weighted by atomic mass is 32.2. The van der Waals surface area contributed by atoms with E-state index < -0.39 is 27.6 Å². The van der Waals surface area contributed by atoms with Crippen molar-refractivity contribution in [3.63, 3.8) is 0 Å². The molecular weight excluding hydrogens is 194 g/mol. The molecule has 1 amide bonds. The van der Waals surface area contributed by atoms with E-state index in [4.69, 9.17) is 5.11 Å². The minimum Gasteiger partial charge on any atom is -0.391 e. The number of carbonyl (C=O) groups excluding carboxylic acids is 1. The van der Waals surface area contributed by atoms with Crippen LogP contribution in [0.15, 0.2) is 0 Å². The molecule has 0 aliphatic carbocycles. The molecule has 0 aliphatic heterocycles. The van der Waals surface area contributed by atoms with Crippen LogP contribution in [0.4, 0.5) is 0 Å². The van der Waals surface area contributed by atoms with E-state index in [0.717, 1.165) is 6.26 Å². The fourth-order valence-corrected chi connectivity index (χ4v) is 1.24. The first kappa shape index (κ1) is 12.4. The van der Waals surface area contributed by atoms with Gasteiger partial charge in [0.1, 0.15) is 5.75 Å². The smallest absolute Gasteiger partial charge is 0.235 e. The largest absolute Gasteiger partial charge is 0.391 e. The number of carbonyl (C=O) groups is 1. The molecule has 0 saturated carbocycles. The molecule has 0 saturated heterocycles. The van der Waals surface area contributed by atoms with Crippen molar-refractivity contribution < 1.29 is 18.3 Å². The first-order valence-electron chi connectivity index (χ1n) is 3.97. The molecule has 13 heavy (non-hydrogen) atoms. The minimum atomic E-state index is -3.27. The molecule has 78 valence electrons. The summed E-state index contributed by atoms with van der Waals surface area (Å²) >= 11 is 0. The van der Waals surface area contributed by atoms with Crippen molar-refractivity contribution in [1.82, 2.24) is 5.32 Å². The Kier molecular flexibility index (Phi) is 4.94. The van der Waals surface area contributed by atoms with Crippen molar-refractivity contribution >= 4 is 15.7 Å². The van der Waals surface area contributed by atoms with Crippen LogP contribution in [0.1, 0.15) is 13.3 Å². The molecule has 0 aromatic rings. The van der Waals surface area contributed by atoms with Crippen LogP contribution in [0.25, 0.3) is 0 Å². The van der Waals surface area contributed by atoms with E-state index in [-0.39, 0.29) is 6.54 Å². The Labute approximate surface area is 78.1 Å². The normalized spacial score (nSPS) is 13.8. The van der Waals surface area contributed by atoms with E-state index >= 15 is 0 Å². The summed E-state index contributed by atoms with van der Waals surface area (Å²) in [5.41, 5.74) is 0. The number of amides is 1. The maximum Gasteiger partial charge on any atom is 0.235 e. The summed E-state index contributed by atoms with van der Waals surface area (Å²) in [6, 6.07) is 0. The molecule has 2 N–H and O–H groups in total. The van der Waals surface area contributed by atoms with Gasteiger partial charge < -0.3 is 10.4 Å². The molecule has 0 rings (SSSR count). The second-order valence-corrected chi connectivity index (χ2v) is 5.08. The lowest BCUT2D eigenvalue weighted by molar-refractivity contribution is -0.119. The zero-order valence-electron chi connectivity index (χ0n) is 7.78. The molecule has 0 heterocycles. The Morgan fingerprint density at radius 3 is 2.46 bits per heavy atom. The summed E-state index contributed by atoms with van der Waals surface area (Å²) in [5, 5.41) is 11.4. The maximum absolute atomic E-state index is 10.9. The Balaban J connectivity index is 3.77. The van der Waals surface area contributed by atoms with Crippen LogP contribution in [-0.2, 0) is 14.6 Å². The van der Waals surface area contributed by atoms with Crippen molar-refractivity contribution in [2.75, 3.05) is 18.6 Å². The first-order valence-corrected chi connectivity index (χ1v) is 6.03. The van der Waals surface area contributed by atoms with E-state index in [2.05, 4.69) is 5.32 Å². The summed E-state index contributed by atoms with van der Waals surface area (Å²) in [5.74, 6) is -1.10. The van der Waals surface area contributed by atoms with Crippen LogP contribution in [0.5, 0.6) is 0 Å². The summed E-state index contributed by atoms with van der Waals surface area (Å²) in [6.07, 6.45) is 0.908. The molecule has 0 aliphatic rings. The summed E-state index contributed by atoms with van der Waals surface area (Å²) < 4.78 is 21.3. The standard InChI is InChI=1S/C7H15NO4S/c1-3-6(9)4-8-7(10)5-13(2,11)12/h6,9H,3-5H2,1-2H3,(H,8,10). The van der Waals surface area contributed by atoms with Crippen LogP contribution in [0, 0.1) is 0 Å². The van der Waals surface area contributed by atoms with Crippen LogP contribution in [0.2, 0.25) is 0 Å². The quantitative estimate of drug-likeness (QED) is 0.603. The van der Waals surface area contributed by atoms with Crippen molar-refractivity contribution in [2.24, 2.45) is 0 Å². The maximum atomic E-state index is 10.9. The van der Waals surface area contributed by atoms with Crippen molar-refractivity contribution in [1.29, 1.82) is 0 Å². The van der Waals surface area contributed by atoms with Gasteiger partial charge in [-0.15, -0.1) is 0 Å². The Morgan fingerprint density at radius 2 is 2.08 bits per heavy atom. The molecule has 1 unspecified atom stereocenters. The lowest BCUT2D eigenvalue weighted by Gasteiger charge is -2.08. The van der Waals surface area contributed by atoms with E-state index in [9.17, 15) is 13.2 Å². The Hall–Kier alpha value is -0.620. The van der Waals surface area contributed by atoms with E-state index in [1.165, 1.54) is 0 Å². The van der Waals surface area contributed by atoms with E-state index in [1.807, 2.05) is 0 Å². The second-order valence-electron chi connectivity index (χ2n) is 2.94. The van der Waals surface area contributed by atoms with E-state index in [0.29, 0.717) is 6.42 Å². The van der Waals surface area contributed by atoms with Gasteiger partial charge in [0, 0.05) is 12.8 Å². The monoisotopic (exact) mass is 209 g/mol. The van der Waals surface area contributed by atoms with Crippen LogP contribution in [0.3, 0.4) is 0 Å². The van der Waals surface area contributed by atoms with Crippen LogP contribution < -0.4 is 5.32 Å². The third-order valence-corrected chi connectivity index (χ3v) is 2.19. The second kappa shape index (κ2) is 5.18. The number of nitrogens with one attached hydrogen (secondary N) is 1. The number of aliphatic hydroxyl groups excluding tert-OH is 1. The highest BCUT2D eigenvalue weighted by Crippen LogP contribution is 1.87. The van der Waals surface area contributed by atoms with Gasteiger partial charge in [0.25, 0.3) is 0 Å². The zero-order valence-corrected chi connectivity index (χ0v) is 8.60. The lowest BCUT2D eigenvalue weighted by Crippen LogP contribution is -2.35. The Morgan fingerprint density at radius 1 is 1.54 bits per heavy atom. The highest BCUT2D eigenvalue weighted by molar-refractivity contribution is 7.91. The van der Waals surface area contributed by atoms with Gasteiger partial charge in [0.05, 0.1) is 6.10 Å². The predicted molar refractivity (Wildman–Crippen MR) is 49.0 cm³/mol. The van der Waals surface area contributed by atoms with Gasteiger partial charge in [-0.3, -0.25) is 4.79 Å². The van der Waals surface area contributed by atoms with Gasteiger partial charge in [-0.25, -0.2) is 8.42 Å². The van der Waals surface area contributed by atoms with Gasteiger partial charge >= 0.3 is 0 Å². The summed E-state index contributed by atoms with van der Waals surface area (Å²) in [7, 11) is -3.27. The number of aliphatic hydroxyl groups is 1. The molecule has 1 atom stereocenters. The fourth-order valence-electron chi connectivity index (χ4n) is 0.665. The lowest BCUT2D eigenvalue weighted by atomic mass is 10.3. The average Bonchev–Trinajstić information content (AvgIpc) is 1.97. The fraction of sp³-hybridized carbons (Fsp3) is 0.857. The molecule has 6 heteroatoms. The highest BCUT2D eigenvalue weighted by Gasteiger charge is 2.11. The molecule has 0 aromatic carbocycles. The number of rotatable bonds is 5. The number of hydrogen-bond donors (Lipinski definition) is 2. The Bertz CT molecular complexity index is 260. The van der Waals surface area contributed by atoms with Crippen LogP contribution >= 0.6 is 0 Å². The van der Waals surface area contributed by atoms with Crippen molar-refractivity contribution in [2.45, 2.75) is 19.4 Å². The van der Waals surface area contributed by atoms with Gasteiger partial charge in [0.15, 0.2) is 9.84 Å². The van der Waals surface area contributed by atoms with Crippen LogP contribution in [-0.4, -0.2) is 44.1 Å². The molecule has 5 nitrogen and oxygen atoms in total.